The largest absolute Gasteiger partial charge is 0.493 e. The zero-order valence-corrected chi connectivity index (χ0v) is 17.9. The Bertz CT molecular complexity index is 621. The number of amides is 1. The molecule has 1 amide bonds. The number of benzene rings is 1. The molecule has 1 rings (SSSR count). The average Bonchev–Trinajstić information content (AvgIpc) is 2.69. The number of hydrogen-bond donors (Lipinski definition) is 1. The normalized spacial score (nSPS) is 12.9. The number of esters is 1. The van der Waals surface area contributed by atoms with Gasteiger partial charge in [0.15, 0.2) is 0 Å². The van der Waals surface area contributed by atoms with Gasteiger partial charge < -0.3 is 19.5 Å². The molecule has 1 atom stereocenters. The molecule has 158 valence electrons. The summed E-state index contributed by atoms with van der Waals surface area (Å²) < 4.78 is 16.7. The maximum Gasteiger partial charge on any atom is 0.341 e. The fraction of sp³-hybridized carbons (Fsp3) is 0.636. The van der Waals surface area contributed by atoms with E-state index < -0.39 is 11.6 Å². The molecule has 6 heteroatoms. The van der Waals surface area contributed by atoms with Gasteiger partial charge in [-0.15, -0.1) is 0 Å². The van der Waals surface area contributed by atoms with Gasteiger partial charge in [-0.05, 0) is 51.3 Å². The van der Waals surface area contributed by atoms with Crippen LogP contribution in [-0.4, -0.2) is 37.3 Å². The van der Waals surface area contributed by atoms with Gasteiger partial charge in [0.05, 0.1) is 13.2 Å². The molecule has 0 aliphatic rings. The molecule has 0 heterocycles. The van der Waals surface area contributed by atoms with Crippen LogP contribution in [0.2, 0.25) is 0 Å². The number of rotatable bonds is 13. The van der Waals surface area contributed by atoms with Crippen LogP contribution in [0.1, 0.15) is 77.1 Å². The quantitative estimate of drug-likeness (QED) is 0.479. The number of carbonyl (C=O) groups excluding carboxylic acids is 2. The van der Waals surface area contributed by atoms with Gasteiger partial charge in [-0.1, -0.05) is 33.6 Å². The maximum absolute atomic E-state index is 12.9. The van der Waals surface area contributed by atoms with Crippen LogP contribution in [-0.2, 0) is 14.3 Å². The van der Waals surface area contributed by atoms with E-state index in [1.807, 2.05) is 20.8 Å². The van der Waals surface area contributed by atoms with Crippen molar-refractivity contribution in [3.8, 4) is 5.75 Å². The molecule has 1 unspecified atom stereocenters. The van der Waals surface area contributed by atoms with Crippen LogP contribution in [0.3, 0.4) is 0 Å². The van der Waals surface area contributed by atoms with Crippen molar-refractivity contribution in [2.24, 2.45) is 0 Å². The van der Waals surface area contributed by atoms with Crippen molar-refractivity contribution in [3.05, 3.63) is 23.8 Å². The molecule has 0 bridgehead atoms. The first kappa shape index (κ1) is 24.0. The summed E-state index contributed by atoms with van der Waals surface area (Å²) in [7, 11) is 0. The summed E-state index contributed by atoms with van der Waals surface area (Å²) in [5, 5.41) is 2.89. The van der Waals surface area contributed by atoms with Crippen LogP contribution >= 0.6 is 0 Å². The minimum atomic E-state index is -0.909. The average molecular weight is 394 g/mol. The zero-order chi connectivity index (χ0) is 21.0. The highest BCUT2D eigenvalue weighted by Gasteiger charge is 2.33. The molecule has 0 fully saturated rings. The lowest BCUT2D eigenvalue weighted by atomic mass is 9.97. The minimum Gasteiger partial charge on any atom is -0.493 e. The van der Waals surface area contributed by atoms with Gasteiger partial charge in [0.1, 0.15) is 16.9 Å². The summed E-state index contributed by atoms with van der Waals surface area (Å²) in [6, 6.07) is 5.01. The van der Waals surface area contributed by atoms with Gasteiger partial charge in [-0.2, -0.15) is 0 Å². The third kappa shape index (κ3) is 7.15. The summed E-state index contributed by atoms with van der Waals surface area (Å²) in [5.74, 6) is -0.235. The SMILES string of the molecule is CCCCC(C)(OCCC)C(=O)Nc1ccc(OCCC)c(C(=O)OCC)c1. The van der Waals surface area contributed by atoms with Crippen molar-refractivity contribution in [1.82, 2.24) is 0 Å². The molecule has 0 saturated carbocycles. The third-order valence-electron chi connectivity index (χ3n) is 4.31. The molecule has 1 aromatic rings. The Morgan fingerprint density at radius 2 is 1.75 bits per heavy atom. The summed E-state index contributed by atoms with van der Waals surface area (Å²) >= 11 is 0. The van der Waals surface area contributed by atoms with Gasteiger partial charge in [0, 0.05) is 12.3 Å². The monoisotopic (exact) mass is 393 g/mol. The van der Waals surface area contributed by atoms with Gasteiger partial charge in [-0.3, -0.25) is 4.79 Å². The first-order chi connectivity index (χ1) is 13.4. The predicted octanol–water partition coefficient (Wildman–Crippen LogP) is 4.97. The standard InChI is InChI=1S/C22H35NO5/c1-6-10-13-22(5,28-15-8-3)21(25)23-17-11-12-19(27-14-7-2)18(16-17)20(24)26-9-4/h11-12,16H,6-10,13-15H2,1-5H3,(H,23,25). The lowest BCUT2D eigenvalue weighted by Crippen LogP contribution is -2.43. The molecule has 0 saturated heterocycles. The lowest BCUT2D eigenvalue weighted by molar-refractivity contribution is -0.140. The second-order valence-electron chi connectivity index (χ2n) is 6.92. The van der Waals surface area contributed by atoms with E-state index >= 15 is 0 Å². The van der Waals surface area contributed by atoms with Crippen LogP contribution in [0.25, 0.3) is 0 Å². The Morgan fingerprint density at radius 1 is 1.04 bits per heavy atom. The van der Waals surface area contributed by atoms with Crippen molar-refractivity contribution in [2.45, 2.75) is 72.3 Å². The Labute approximate surface area is 168 Å². The van der Waals surface area contributed by atoms with E-state index in [9.17, 15) is 9.59 Å². The smallest absolute Gasteiger partial charge is 0.341 e. The molecule has 28 heavy (non-hydrogen) atoms. The predicted molar refractivity (Wildman–Crippen MR) is 111 cm³/mol. The topological polar surface area (TPSA) is 73.9 Å². The van der Waals surface area contributed by atoms with Crippen LogP contribution in [0.5, 0.6) is 5.75 Å². The second kappa shape index (κ2) is 12.4. The van der Waals surface area contributed by atoms with Crippen LogP contribution < -0.4 is 10.1 Å². The fourth-order valence-corrected chi connectivity index (χ4v) is 2.67. The van der Waals surface area contributed by atoms with E-state index in [0.717, 1.165) is 25.7 Å². The van der Waals surface area contributed by atoms with Crippen molar-refractivity contribution in [2.75, 3.05) is 25.1 Å². The molecular weight excluding hydrogens is 358 g/mol. The maximum atomic E-state index is 12.9. The van der Waals surface area contributed by atoms with Crippen LogP contribution in [0.4, 0.5) is 5.69 Å². The first-order valence-corrected chi connectivity index (χ1v) is 10.3. The highest BCUT2D eigenvalue weighted by molar-refractivity contribution is 5.99. The molecule has 0 aromatic heterocycles. The summed E-state index contributed by atoms with van der Waals surface area (Å²) in [6.07, 6.45) is 4.18. The van der Waals surface area contributed by atoms with Crippen molar-refractivity contribution in [1.29, 1.82) is 0 Å². The number of nitrogens with one attached hydrogen (secondary N) is 1. The molecule has 6 nitrogen and oxygen atoms in total. The summed E-state index contributed by atoms with van der Waals surface area (Å²) in [5.41, 5.74) is -0.0920. The van der Waals surface area contributed by atoms with Crippen LogP contribution in [0.15, 0.2) is 18.2 Å². The minimum absolute atomic E-state index is 0.216. The van der Waals surface area contributed by atoms with Crippen molar-refractivity contribution >= 4 is 17.6 Å². The van der Waals surface area contributed by atoms with E-state index in [4.69, 9.17) is 14.2 Å². The molecule has 1 aromatic carbocycles. The fourth-order valence-electron chi connectivity index (χ4n) is 2.67. The van der Waals surface area contributed by atoms with E-state index in [2.05, 4.69) is 12.2 Å². The molecule has 0 spiro atoms. The van der Waals surface area contributed by atoms with E-state index in [1.165, 1.54) is 0 Å². The van der Waals surface area contributed by atoms with Crippen LogP contribution in [0, 0.1) is 0 Å². The van der Waals surface area contributed by atoms with Gasteiger partial charge >= 0.3 is 5.97 Å². The Hall–Kier alpha value is -2.08. The highest BCUT2D eigenvalue weighted by Crippen LogP contribution is 2.27. The van der Waals surface area contributed by atoms with E-state index in [0.29, 0.717) is 36.6 Å². The number of ether oxygens (including phenoxy) is 3. The van der Waals surface area contributed by atoms with E-state index in [-0.39, 0.29) is 12.5 Å². The zero-order valence-electron chi connectivity index (χ0n) is 17.9. The second-order valence-corrected chi connectivity index (χ2v) is 6.92. The molecule has 1 N–H and O–H groups in total. The Balaban J connectivity index is 3.05. The van der Waals surface area contributed by atoms with Gasteiger partial charge in [0.2, 0.25) is 0 Å². The molecule has 0 radical (unpaired) electrons. The van der Waals surface area contributed by atoms with Crippen molar-refractivity contribution < 1.29 is 23.8 Å². The highest BCUT2D eigenvalue weighted by atomic mass is 16.5. The van der Waals surface area contributed by atoms with Gasteiger partial charge in [-0.25, -0.2) is 4.79 Å². The number of anilines is 1. The third-order valence-corrected chi connectivity index (χ3v) is 4.31. The van der Waals surface area contributed by atoms with Gasteiger partial charge in [0.25, 0.3) is 5.91 Å². The first-order valence-electron chi connectivity index (χ1n) is 10.3. The van der Waals surface area contributed by atoms with E-state index in [1.54, 1.807) is 25.1 Å². The van der Waals surface area contributed by atoms with Crippen molar-refractivity contribution in [3.63, 3.8) is 0 Å². The number of carbonyl (C=O) groups is 2. The molecule has 0 aliphatic heterocycles. The lowest BCUT2D eigenvalue weighted by Gasteiger charge is -2.28. The molecular formula is C22H35NO5. The summed E-state index contributed by atoms with van der Waals surface area (Å²) in [4.78, 5) is 25.2. The molecule has 0 aliphatic carbocycles. The number of hydrogen-bond acceptors (Lipinski definition) is 5. The Morgan fingerprint density at radius 3 is 2.36 bits per heavy atom. The number of unbranched alkanes of at least 4 members (excludes halogenated alkanes) is 1. The summed E-state index contributed by atoms with van der Waals surface area (Å²) in [6.45, 7) is 10.9. The Kier molecular flexibility index (Phi) is 10.6.